The van der Waals surface area contributed by atoms with Crippen LogP contribution in [0.2, 0.25) is 0 Å². The topological polar surface area (TPSA) is 45.4 Å². The van der Waals surface area contributed by atoms with Crippen molar-refractivity contribution in [2.24, 2.45) is 0 Å². The molecule has 0 radical (unpaired) electrons. The van der Waals surface area contributed by atoms with E-state index in [1.165, 1.54) is 5.69 Å². The van der Waals surface area contributed by atoms with Gasteiger partial charge in [0.05, 0.1) is 0 Å². The van der Waals surface area contributed by atoms with E-state index < -0.39 is 0 Å². The van der Waals surface area contributed by atoms with Crippen molar-refractivity contribution in [1.29, 1.82) is 0 Å². The summed E-state index contributed by atoms with van der Waals surface area (Å²) in [5.41, 5.74) is 1.26. The molecule has 0 aliphatic carbocycles. The number of anilines is 2. The van der Waals surface area contributed by atoms with Gasteiger partial charge in [0.25, 0.3) is 0 Å². The summed E-state index contributed by atoms with van der Waals surface area (Å²) in [5, 5.41) is 7.78. The molecular weight excluding hydrogens is 276 g/mol. The molecule has 0 amide bonds. The van der Waals surface area contributed by atoms with Crippen LogP contribution < -0.4 is 9.80 Å². The third-order valence-corrected chi connectivity index (χ3v) is 3.63. The lowest BCUT2D eigenvalue weighted by Gasteiger charge is -2.35. The molecule has 1 aliphatic heterocycles. The highest BCUT2D eigenvalue weighted by Crippen LogP contribution is 2.23. The smallest absolute Gasteiger partial charge is 0.318 e. The van der Waals surface area contributed by atoms with Crippen LogP contribution in [0.1, 0.15) is 18.2 Å². The van der Waals surface area contributed by atoms with Crippen LogP contribution in [-0.4, -0.2) is 36.4 Å². The van der Waals surface area contributed by atoms with Crippen LogP contribution in [0.15, 0.2) is 34.7 Å². The minimum Gasteiger partial charge on any atom is -0.406 e. The summed E-state index contributed by atoms with van der Waals surface area (Å²) in [4.78, 5) is 4.47. The van der Waals surface area contributed by atoms with Crippen molar-refractivity contribution in [2.45, 2.75) is 12.3 Å². The second-order valence-electron chi connectivity index (χ2n) is 4.85. The minimum absolute atomic E-state index is 0.248. The standard InChI is InChI=1S/C14H17ClN4O/c1-11(15)13-16-17-14(20-13)19-9-7-18(8-10-19)12-5-3-2-4-6-12/h2-6,11H,7-10H2,1H3. The van der Waals surface area contributed by atoms with Gasteiger partial charge in [-0.05, 0) is 19.1 Å². The number of halogens is 1. The van der Waals surface area contributed by atoms with Gasteiger partial charge in [0.15, 0.2) is 0 Å². The number of rotatable bonds is 3. The summed E-state index contributed by atoms with van der Waals surface area (Å²) in [6.07, 6.45) is 0. The molecule has 1 aromatic carbocycles. The predicted molar refractivity (Wildman–Crippen MR) is 79.4 cm³/mol. The van der Waals surface area contributed by atoms with Gasteiger partial charge >= 0.3 is 6.01 Å². The Labute approximate surface area is 123 Å². The van der Waals surface area contributed by atoms with E-state index in [0.717, 1.165) is 26.2 Å². The molecular formula is C14H17ClN4O. The molecule has 3 rings (SSSR count). The lowest BCUT2D eigenvalue weighted by atomic mass is 10.2. The Hall–Kier alpha value is -1.75. The van der Waals surface area contributed by atoms with Crippen molar-refractivity contribution >= 4 is 23.3 Å². The van der Waals surface area contributed by atoms with Crippen LogP contribution in [0.25, 0.3) is 0 Å². The van der Waals surface area contributed by atoms with E-state index in [1.807, 2.05) is 13.0 Å². The van der Waals surface area contributed by atoms with Crippen LogP contribution in [-0.2, 0) is 0 Å². The van der Waals surface area contributed by atoms with Gasteiger partial charge in [0.1, 0.15) is 5.38 Å². The molecule has 0 bridgehead atoms. The first-order valence-corrected chi connectivity index (χ1v) is 7.20. The van der Waals surface area contributed by atoms with Crippen LogP contribution >= 0.6 is 11.6 Å². The molecule has 2 heterocycles. The van der Waals surface area contributed by atoms with Crippen molar-refractivity contribution in [3.05, 3.63) is 36.2 Å². The van der Waals surface area contributed by atoms with E-state index in [1.54, 1.807) is 0 Å². The van der Waals surface area contributed by atoms with Crippen LogP contribution in [0.4, 0.5) is 11.7 Å². The number of piperazine rings is 1. The van der Waals surface area contributed by atoms with E-state index in [0.29, 0.717) is 11.9 Å². The number of benzene rings is 1. The number of para-hydroxylation sites is 1. The summed E-state index contributed by atoms with van der Waals surface area (Å²) in [6.45, 7) is 5.45. The lowest BCUT2D eigenvalue weighted by molar-refractivity contribution is 0.475. The highest BCUT2D eigenvalue weighted by Gasteiger charge is 2.22. The Morgan fingerprint density at radius 3 is 2.30 bits per heavy atom. The average molecular weight is 293 g/mol. The van der Waals surface area contributed by atoms with E-state index in [9.17, 15) is 0 Å². The fourth-order valence-corrected chi connectivity index (χ4v) is 2.40. The molecule has 5 nitrogen and oxygen atoms in total. The van der Waals surface area contributed by atoms with Crippen LogP contribution in [0.5, 0.6) is 0 Å². The number of hydrogen-bond acceptors (Lipinski definition) is 5. The number of hydrogen-bond donors (Lipinski definition) is 0. The zero-order valence-corrected chi connectivity index (χ0v) is 12.1. The van der Waals surface area contributed by atoms with Gasteiger partial charge in [-0.2, -0.15) is 0 Å². The van der Waals surface area contributed by atoms with Gasteiger partial charge in [0.2, 0.25) is 5.89 Å². The molecule has 1 aromatic heterocycles. The monoisotopic (exact) mass is 292 g/mol. The van der Waals surface area contributed by atoms with Gasteiger partial charge in [-0.3, -0.25) is 0 Å². The van der Waals surface area contributed by atoms with Gasteiger partial charge in [-0.15, -0.1) is 16.7 Å². The Morgan fingerprint density at radius 2 is 1.70 bits per heavy atom. The zero-order chi connectivity index (χ0) is 13.9. The summed E-state index contributed by atoms with van der Waals surface area (Å²) < 4.78 is 5.58. The summed E-state index contributed by atoms with van der Waals surface area (Å²) in [7, 11) is 0. The molecule has 2 aromatic rings. The fourth-order valence-electron chi connectivity index (χ4n) is 2.31. The van der Waals surface area contributed by atoms with Crippen molar-refractivity contribution in [1.82, 2.24) is 10.2 Å². The van der Waals surface area contributed by atoms with Crippen LogP contribution in [0, 0.1) is 0 Å². The van der Waals surface area contributed by atoms with E-state index in [2.05, 4.69) is 44.3 Å². The second kappa shape index (κ2) is 5.71. The van der Waals surface area contributed by atoms with Crippen molar-refractivity contribution in [3.63, 3.8) is 0 Å². The van der Waals surface area contributed by atoms with E-state index in [4.69, 9.17) is 16.0 Å². The first-order valence-electron chi connectivity index (χ1n) is 6.76. The third kappa shape index (κ3) is 2.72. The third-order valence-electron chi connectivity index (χ3n) is 3.44. The Balaban J connectivity index is 1.63. The van der Waals surface area contributed by atoms with Gasteiger partial charge in [-0.25, -0.2) is 0 Å². The summed E-state index contributed by atoms with van der Waals surface area (Å²) in [6, 6.07) is 11.0. The number of alkyl halides is 1. The normalized spacial score (nSPS) is 17.3. The Bertz CT molecular complexity index is 549. The SMILES string of the molecule is CC(Cl)c1nnc(N2CCN(c3ccccc3)CC2)o1. The van der Waals surface area contributed by atoms with Crippen molar-refractivity contribution in [3.8, 4) is 0 Å². The molecule has 1 unspecified atom stereocenters. The molecule has 1 aliphatic rings. The molecule has 0 N–H and O–H groups in total. The predicted octanol–water partition coefficient (Wildman–Crippen LogP) is 2.70. The molecule has 106 valence electrons. The highest BCUT2D eigenvalue weighted by molar-refractivity contribution is 6.20. The van der Waals surface area contributed by atoms with Crippen LogP contribution in [0.3, 0.4) is 0 Å². The lowest BCUT2D eigenvalue weighted by Crippen LogP contribution is -2.46. The maximum atomic E-state index is 5.94. The number of nitrogens with zero attached hydrogens (tertiary/aromatic N) is 4. The average Bonchev–Trinajstić information content (AvgIpc) is 2.98. The first kappa shape index (κ1) is 13.2. The molecule has 1 saturated heterocycles. The molecule has 6 heteroatoms. The van der Waals surface area contributed by atoms with E-state index >= 15 is 0 Å². The maximum absolute atomic E-state index is 5.94. The quantitative estimate of drug-likeness (QED) is 0.814. The molecule has 1 atom stereocenters. The largest absolute Gasteiger partial charge is 0.406 e. The molecule has 0 saturated carbocycles. The molecule has 20 heavy (non-hydrogen) atoms. The molecule has 0 spiro atoms. The van der Waals surface area contributed by atoms with Gasteiger partial charge in [0, 0.05) is 31.9 Å². The van der Waals surface area contributed by atoms with E-state index in [-0.39, 0.29) is 5.38 Å². The van der Waals surface area contributed by atoms with Crippen molar-refractivity contribution < 1.29 is 4.42 Å². The fraction of sp³-hybridized carbons (Fsp3) is 0.429. The Morgan fingerprint density at radius 1 is 1.05 bits per heavy atom. The minimum atomic E-state index is -0.248. The number of aromatic nitrogens is 2. The summed E-state index contributed by atoms with van der Waals surface area (Å²) >= 11 is 5.94. The van der Waals surface area contributed by atoms with Crippen molar-refractivity contribution in [2.75, 3.05) is 36.0 Å². The van der Waals surface area contributed by atoms with Gasteiger partial charge in [-0.1, -0.05) is 23.3 Å². The zero-order valence-electron chi connectivity index (χ0n) is 11.4. The Kier molecular flexibility index (Phi) is 3.78. The highest BCUT2D eigenvalue weighted by atomic mass is 35.5. The second-order valence-corrected chi connectivity index (χ2v) is 5.50. The van der Waals surface area contributed by atoms with Gasteiger partial charge < -0.3 is 14.2 Å². The molecule has 1 fully saturated rings. The maximum Gasteiger partial charge on any atom is 0.318 e. The summed E-state index contributed by atoms with van der Waals surface area (Å²) in [5.74, 6) is 0.479. The first-order chi connectivity index (χ1) is 9.74.